The quantitative estimate of drug-likeness (QED) is 0.534. The molecule has 48 valence electrons. The smallest absolute Gasteiger partial charge is 0.185 e. The predicted octanol–water partition coefficient (Wildman–Crippen LogP) is 2.52. The van der Waals surface area contributed by atoms with Gasteiger partial charge in [0, 0.05) is 0 Å². The average molecular weight is 120 g/mol. The highest BCUT2D eigenvalue weighted by atomic mass is 19.1. The molecular weight excluding hydrogens is 110 g/mol. The van der Waals surface area contributed by atoms with Gasteiger partial charge in [0.05, 0.1) is 6.17 Å². The molecule has 0 N–H and O–H groups in total. The number of alkyl halides is 1. The van der Waals surface area contributed by atoms with Crippen molar-refractivity contribution < 1.29 is 8.78 Å². The van der Waals surface area contributed by atoms with Crippen molar-refractivity contribution in [1.29, 1.82) is 0 Å². The molecule has 0 saturated heterocycles. The molecule has 0 aliphatic rings. The lowest BCUT2D eigenvalue weighted by Crippen LogP contribution is -1.95. The number of hydrogen-bond donors (Lipinski definition) is 0. The Bertz CT molecular complexity index is 45.8. The average Bonchev–Trinajstić information content (AvgIpc) is 1.83. The van der Waals surface area contributed by atoms with Gasteiger partial charge in [0.1, 0.15) is 0 Å². The van der Waals surface area contributed by atoms with E-state index in [9.17, 15) is 8.78 Å². The molecule has 0 aromatic carbocycles. The van der Waals surface area contributed by atoms with Crippen LogP contribution in [0.3, 0.4) is 0 Å². The fourth-order valence-electron chi connectivity index (χ4n) is 0.415. The summed E-state index contributed by atoms with van der Waals surface area (Å²) in [4.78, 5) is 0. The van der Waals surface area contributed by atoms with E-state index in [1.165, 1.54) is 6.67 Å². The first-order valence-corrected chi connectivity index (χ1v) is 2.78. The molecule has 0 fully saturated rings. The minimum atomic E-state index is -0.849. The van der Waals surface area contributed by atoms with Crippen molar-refractivity contribution in [1.82, 2.24) is 0 Å². The van der Waals surface area contributed by atoms with Gasteiger partial charge >= 0.3 is 0 Å². The van der Waals surface area contributed by atoms with E-state index >= 15 is 0 Å². The second-order valence-corrected chi connectivity index (χ2v) is 1.68. The summed E-state index contributed by atoms with van der Waals surface area (Å²) in [7, 11) is 0. The minimum absolute atomic E-state index is 0.120. The number of halogens is 2. The Hall–Kier alpha value is -0.140. The van der Waals surface area contributed by atoms with Crippen LogP contribution in [0.1, 0.15) is 26.2 Å². The molecule has 0 rings (SSSR count). The van der Waals surface area contributed by atoms with Crippen molar-refractivity contribution in [3.8, 4) is 0 Å². The molecule has 0 bridgehead atoms. The van der Waals surface area contributed by atoms with Crippen LogP contribution in [0.5, 0.6) is 0 Å². The molecule has 0 amide bonds. The van der Waals surface area contributed by atoms with E-state index in [0.717, 1.165) is 0 Å². The summed E-state index contributed by atoms with van der Waals surface area (Å²) in [5.41, 5.74) is 0. The molecule has 0 aliphatic carbocycles. The van der Waals surface area contributed by atoms with Gasteiger partial charge in [-0.15, -0.1) is 0 Å². The van der Waals surface area contributed by atoms with Crippen LogP contribution in [-0.4, -0.2) is 6.17 Å². The van der Waals surface area contributed by atoms with E-state index in [0.29, 0.717) is 6.42 Å². The maximum atomic E-state index is 12.1. The van der Waals surface area contributed by atoms with Crippen LogP contribution < -0.4 is 0 Å². The van der Waals surface area contributed by atoms with Crippen molar-refractivity contribution in [3.05, 3.63) is 6.67 Å². The molecule has 2 radical (unpaired) electrons. The summed E-state index contributed by atoms with van der Waals surface area (Å²) in [6.07, 6.45) is 0.0159. The van der Waals surface area contributed by atoms with Crippen LogP contribution in [0, 0.1) is 6.67 Å². The van der Waals surface area contributed by atoms with E-state index in [1.54, 1.807) is 6.92 Å². The summed E-state index contributed by atoms with van der Waals surface area (Å²) in [5, 5.41) is 0. The Balaban J connectivity index is 2.86. The monoisotopic (exact) mass is 120 g/mol. The SMILES string of the molecule is CCC(F)CC[C]F. The second kappa shape index (κ2) is 5.01. The van der Waals surface area contributed by atoms with E-state index in [4.69, 9.17) is 0 Å². The van der Waals surface area contributed by atoms with Crippen molar-refractivity contribution >= 4 is 0 Å². The molecule has 0 heterocycles. The van der Waals surface area contributed by atoms with E-state index < -0.39 is 6.17 Å². The number of hydrogen-bond acceptors (Lipinski definition) is 0. The van der Waals surface area contributed by atoms with Gasteiger partial charge in [0.2, 0.25) is 0 Å². The molecule has 2 heteroatoms. The van der Waals surface area contributed by atoms with Crippen LogP contribution >= 0.6 is 0 Å². The Labute approximate surface area is 48.9 Å². The topological polar surface area (TPSA) is 0 Å². The Morgan fingerprint density at radius 1 is 1.62 bits per heavy atom. The second-order valence-electron chi connectivity index (χ2n) is 1.68. The van der Waals surface area contributed by atoms with Gasteiger partial charge in [-0.2, -0.15) is 0 Å². The third kappa shape index (κ3) is 4.03. The zero-order chi connectivity index (χ0) is 6.41. The maximum absolute atomic E-state index is 12.1. The lowest BCUT2D eigenvalue weighted by molar-refractivity contribution is 0.298. The molecule has 0 aromatic rings. The van der Waals surface area contributed by atoms with E-state index in [-0.39, 0.29) is 12.8 Å². The molecule has 0 saturated carbocycles. The lowest BCUT2D eigenvalue weighted by Gasteiger charge is -1.98. The zero-order valence-electron chi connectivity index (χ0n) is 4.95. The Kier molecular flexibility index (Phi) is 4.92. The fraction of sp³-hybridized carbons (Fsp3) is 0.833. The van der Waals surface area contributed by atoms with Crippen LogP contribution in [0.2, 0.25) is 0 Å². The summed E-state index contributed by atoms with van der Waals surface area (Å²) in [6.45, 7) is 3.13. The molecule has 0 nitrogen and oxygen atoms in total. The van der Waals surface area contributed by atoms with Crippen LogP contribution in [0.15, 0.2) is 0 Å². The van der Waals surface area contributed by atoms with Crippen molar-refractivity contribution in [2.75, 3.05) is 0 Å². The van der Waals surface area contributed by atoms with E-state index in [2.05, 4.69) is 0 Å². The predicted molar refractivity (Wildman–Crippen MR) is 28.8 cm³/mol. The third-order valence-corrected chi connectivity index (χ3v) is 0.995. The van der Waals surface area contributed by atoms with Crippen LogP contribution in [0.4, 0.5) is 8.78 Å². The van der Waals surface area contributed by atoms with Gasteiger partial charge in [-0.3, -0.25) is 0 Å². The minimum Gasteiger partial charge on any atom is -0.248 e. The largest absolute Gasteiger partial charge is 0.248 e. The first-order chi connectivity index (χ1) is 3.81. The third-order valence-electron chi connectivity index (χ3n) is 0.995. The highest BCUT2D eigenvalue weighted by molar-refractivity contribution is 4.56. The van der Waals surface area contributed by atoms with Gasteiger partial charge in [0.15, 0.2) is 6.67 Å². The summed E-state index contributed by atoms with van der Waals surface area (Å²) in [6, 6.07) is 0. The summed E-state index contributed by atoms with van der Waals surface area (Å²) >= 11 is 0. The first kappa shape index (κ1) is 7.86. The van der Waals surface area contributed by atoms with E-state index in [1.807, 2.05) is 0 Å². The standard InChI is InChI=1S/C6H10F2/c1-2-6(8)4-3-5-7/h6H,2-4H2,1H3. The summed E-state index contributed by atoms with van der Waals surface area (Å²) < 4.78 is 23.2. The molecule has 8 heavy (non-hydrogen) atoms. The van der Waals surface area contributed by atoms with Gasteiger partial charge < -0.3 is 0 Å². The van der Waals surface area contributed by atoms with Gasteiger partial charge in [0.25, 0.3) is 0 Å². The van der Waals surface area contributed by atoms with Gasteiger partial charge in [-0.1, -0.05) is 6.92 Å². The Morgan fingerprint density at radius 3 is 2.62 bits per heavy atom. The number of rotatable bonds is 4. The van der Waals surface area contributed by atoms with Gasteiger partial charge in [-0.25, -0.2) is 8.78 Å². The highest BCUT2D eigenvalue weighted by Gasteiger charge is 2.00. The van der Waals surface area contributed by atoms with Crippen molar-refractivity contribution in [3.63, 3.8) is 0 Å². The van der Waals surface area contributed by atoms with Crippen LogP contribution in [0.25, 0.3) is 0 Å². The fourth-order valence-corrected chi connectivity index (χ4v) is 0.415. The molecule has 0 spiro atoms. The van der Waals surface area contributed by atoms with Crippen molar-refractivity contribution in [2.24, 2.45) is 0 Å². The summed E-state index contributed by atoms with van der Waals surface area (Å²) in [5.74, 6) is 0. The normalized spacial score (nSPS) is 13.9. The first-order valence-electron chi connectivity index (χ1n) is 2.78. The molecule has 0 aliphatic heterocycles. The zero-order valence-corrected chi connectivity index (χ0v) is 4.95. The molecular formula is C6H10F2. The lowest BCUT2D eigenvalue weighted by atomic mass is 10.2. The highest BCUT2D eigenvalue weighted by Crippen LogP contribution is 2.06. The maximum Gasteiger partial charge on any atom is 0.185 e. The Morgan fingerprint density at radius 2 is 2.25 bits per heavy atom. The van der Waals surface area contributed by atoms with Gasteiger partial charge in [-0.05, 0) is 19.3 Å². The van der Waals surface area contributed by atoms with Crippen molar-refractivity contribution in [2.45, 2.75) is 32.4 Å². The molecule has 1 atom stereocenters. The molecule has 0 aromatic heterocycles. The van der Waals surface area contributed by atoms with Crippen LogP contribution in [-0.2, 0) is 0 Å². The molecule has 1 unspecified atom stereocenters.